The molecule has 2 rings (SSSR count). The Bertz CT molecular complexity index is 766. The summed E-state index contributed by atoms with van der Waals surface area (Å²) in [6.07, 6.45) is 0.913. The molecule has 0 aliphatic rings. The number of thiophene rings is 1. The predicted molar refractivity (Wildman–Crippen MR) is 105 cm³/mol. The number of carbonyl (C=O) groups excluding carboxylic acids is 2. The quantitative estimate of drug-likeness (QED) is 0.490. The van der Waals surface area contributed by atoms with Gasteiger partial charge in [-0.25, -0.2) is 0 Å². The van der Waals surface area contributed by atoms with Crippen LogP contribution in [0.4, 0.5) is 0 Å². The van der Waals surface area contributed by atoms with Gasteiger partial charge in [-0.1, -0.05) is 19.1 Å². The third-order valence-corrected chi connectivity index (χ3v) is 4.74. The van der Waals surface area contributed by atoms with E-state index in [0.29, 0.717) is 10.6 Å². The molecule has 132 valence electrons. The molecule has 0 unspecified atom stereocenters. The zero-order valence-electron chi connectivity index (χ0n) is 13.3. The number of thiocarbonyl (C=S) groups is 1. The zero-order chi connectivity index (χ0) is 18.2. The van der Waals surface area contributed by atoms with Crippen LogP contribution in [0.5, 0.6) is 5.75 Å². The molecule has 0 saturated carbocycles. The van der Waals surface area contributed by atoms with Crippen molar-refractivity contribution in [3.8, 4) is 5.75 Å². The summed E-state index contributed by atoms with van der Waals surface area (Å²) in [5.41, 5.74) is 6.03. The minimum absolute atomic E-state index is 0.0149. The summed E-state index contributed by atoms with van der Waals surface area (Å²) in [6.45, 7) is 1.85. The fourth-order valence-electron chi connectivity index (χ4n) is 1.80. The van der Waals surface area contributed by atoms with E-state index in [-0.39, 0.29) is 17.6 Å². The van der Waals surface area contributed by atoms with Gasteiger partial charge in [-0.2, -0.15) is 0 Å². The van der Waals surface area contributed by atoms with Gasteiger partial charge in [0.25, 0.3) is 11.8 Å². The smallest absolute Gasteiger partial charge is 0.279 e. The molecule has 1 heterocycles. The van der Waals surface area contributed by atoms with Crippen molar-refractivity contribution in [2.45, 2.75) is 13.3 Å². The molecule has 2 amide bonds. The molecule has 0 saturated heterocycles. The Labute approximate surface area is 163 Å². The Balaban J connectivity index is 1.74. The predicted octanol–water partition coefficient (Wildman–Crippen LogP) is 2.79. The first kappa shape index (κ1) is 19.4. The summed E-state index contributed by atoms with van der Waals surface area (Å²) < 4.78 is 6.23. The van der Waals surface area contributed by atoms with Gasteiger partial charge in [0, 0.05) is 0 Å². The lowest BCUT2D eigenvalue weighted by atomic mass is 10.2. The van der Waals surface area contributed by atoms with Crippen LogP contribution in [0.2, 0.25) is 0 Å². The first-order valence-electron chi connectivity index (χ1n) is 7.34. The Kier molecular flexibility index (Phi) is 7.35. The minimum Gasteiger partial charge on any atom is -0.483 e. The highest BCUT2D eigenvalue weighted by atomic mass is 79.9. The van der Waals surface area contributed by atoms with Crippen LogP contribution in [-0.2, 0) is 11.2 Å². The number of hydrogen-bond donors (Lipinski definition) is 3. The molecule has 0 bridgehead atoms. The number of rotatable bonds is 5. The monoisotopic (exact) mass is 441 g/mol. The van der Waals surface area contributed by atoms with Gasteiger partial charge in [-0.05, 0) is 63.7 Å². The molecule has 1 aromatic heterocycles. The van der Waals surface area contributed by atoms with Crippen LogP contribution >= 0.6 is 39.5 Å². The fourth-order valence-corrected chi connectivity index (χ4v) is 3.13. The normalized spacial score (nSPS) is 10.0. The molecule has 0 aliphatic heterocycles. The third kappa shape index (κ3) is 6.11. The van der Waals surface area contributed by atoms with E-state index in [0.717, 1.165) is 16.5 Å². The molecule has 9 heteroatoms. The summed E-state index contributed by atoms with van der Waals surface area (Å²) in [7, 11) is 0. The van der Waals surface area contributed by atoms with Crippen LogP contribution in [0.1, 0.15) is 22.2 Å². The second-order valence-corrected chi connectivity index (χ2v) is 7.05. The molecule has 6 nitrogen and oxygen atoms in total. The van der Waals surface area contributed by atoms with E-state index >= 15 is 0 Å². The topological polar surface area (TPSA) is 79.5 Å². The fraction of sp³-hybridized carbons (Fsp3) is 0.188. The molecule has 0 fully saturated rings. The first-order valence-corrected chi connectivity index (χ1v) is 9.42. The van der Waals surface area contributed by atoms with Crippen molar-refractivity contribution >= 4 is 56.4 Å². The maximum absolute atomic E-state index is 11.8. The van der Waals surface area contributed by atoms with E-state index in [1.165, 1.54) is 11.3 Å². The Morgan fingerprint density at radius 3 is 2.72 bits per heavy atom. The van der Waals surface area contributed by atoms with Crippen molar-refractivity contribution in [3.63, 3.8) is 0 Å². The van der Waals surface area contributed by atoms with E-state index in [4.69, 9.17) is 17.0 Å². The van der Waals surface area contributed by atoms with E-state index in [1.807, 2.05) is 12.1 Å². The van der Waals surface area contributed by atoms with Gasteiger partial charge in [-0.3, -0.25) is 25.8 Å². The average Bonchev–Trinajstić information content (AvgIpc) is 3.13. The molecular formula is C16H16BrN3O3S2. The van der Waals surface area contributed by atoms with Gasteiger partial charge < -0.3 is 4.74 Å². The number of carbonyl (C=O) groups is 2. The lowest BCUT2D eigenvalue weighted by molar-refractivity contribution is -0.121. The van der Waals surface area contributed by atoms with Crippen molar-refractivity contribution in [2.24, 2.45) is 0 Å². The number of hydrogen-bond acceptors (Lipinski definition) is 5. The number of nitrogens with one attached hydrogen (secondary N) is 3. The van der Waals surface area contributed by atoms with Crippen LogP contribution in [0.25, 0.3) is 0 Å². The van der Waals surface area contributed by atoms with Crippen molar-refractivity contribution in [1.82, 2.24) is 16.2 Å². The molecule has 25 heavy (non-hydrogen) atoms. The van der Waals surface area contributed by atoms with Crippen molar-refractivity contribution in [1.29, 1.82) is 0 Å². The summed E-state index contributed by atoms with van der Waals surface area (Å²) in [5.74, 6) is -0.200. The van der Waals surface area contributed by atoms with Crippen molar-refractivity contribution < 1.29 is 14.3 Å². The van der Waals surface area contributed by atoms with Gasteiger partial charge in [-0.15, -0.1) is 11.3 Å². The Hall–Kier alpha value is -1.97. The second-order valence-electron chi connectivity index (χ2n) is 4.84. The van der Waals surface area contributed by atoms with Gasteiger partial charge in [0.15, 0.2) is 11.7 Å². The summed E-state index contributed by atoms with van der Waals surface area (Å²) >= 11 is 9.65. The van der Waals surface area contributed by atoms with Crippen LogP contribution < -0.4 is 20.9 Å². The summed E-state index contributed by atoms with van der Waals surface area (Å²) in [6, 6.07) is 9.12. The van der Waals surface area contributed by atoms with Crippen LogP contribution in [0.3, 0.4) is 0 Å². The van der Waals surface area contributed by atoms with Crippen LogP contribution in [0.15, 0.2) is 40.2 Å². The van der Waals surface area contributed by atoms with E-state index < -0.39 is 5.91 Å². The Morgan fingerprint density at radius 1 is 1.28 bits per heavy atom. The summed E-state index contributed by atoms with van der Waals surface area (Å²) in [4.78, 5) is 24.1. The van der Waals surface area contributed by atoms with Crippen molar-refractivity contribution in [3.05, 3.63) is 50.6 Å². The molecule has 0 radical (unpaired) electrons. The van der Waals surface area contributed by atoms with E-state index in [2.05, 4.69) is 39.0 Å². The Morgan fingerprint density at radius 2 is 2.08 bits per heavy atom. The second kappa shape index (κ2) is 9.50. The molecule has 1 aromatic carbocycles. The number of ether oxygens (including phenoxy) is 1. The number of aryl methyl sites for hydroxylation is 1. The molecule has 0 spiro atoms. The van der Waals surface area contributed by atoms with Gasteiger partial charge in [0.05, 0.1) is 9.35 Å². The van der Waals surface area contributed by atoms with Gasteiger partial charge in [0.1, 0.15) is 5.75 Å². The van der Waals surface area contributed by atoms with E-state index in [9.17, 15) is 9.59 Å². The highest BCUT2D eigenvalue weighted by molar-refractivity contribution is 9.10. The lowest BCUT2D eigenvalue weighted by Gasteiger charge is -2.12. The maximum atomic E-state index is 11.8. The molecule has 0 aliphatic carbocycles. The van der Waals surface area contributed by atoms with E-state index in [1.54, 1.807) is 23.6 Å². The van der Waals surface area contributed by atoms with Crippen molar-refractivity contribution in [2.75, 3.05) is 6.61 Å². The molecule has 2 aromatic rings. The standard InChI is InChI=1S/C16H16BrN3O3S2/c1-2-10-5-6-12(11(17)8-10)23-9-14(21)18-16(24)20-19-15(22)13-4-3-7-25-13/h3-8H,2,9H2,1H3,(H,19,22)(H2,18,20,21,24). The first-order chi connectivity index (χ1) is 12.0. The largest absolute Gasteiger partial charge is 0.483 e. The maximum Gasteiger partial charge on any atom is 0.279 e. The van der Waals surface area contributed by atoms with Gasteiger partial charge in [0.2, 0.25) is 0 Å². The third-order valence-electron chi connectivity index (χ3n) is 3.05. The minimum atomic E-state index is -0.436. The zero-order valence-corrected chi connectivity index (χ0v) is 16.5. The van der Waals surface area contributed by atoms with Gasteiger partial charge >= 0.3 is 0 Å². The lowest BCUT2D eigenvalue weighted by Crippen LogP contribution is -2.49. The number of hydrazine groups is 1. The molecule has 3 N–H and O–H groups in total. The summed E-state index contributed by atoms with van der Waals surface area (Å²) in [5, 5.41) is 4.20. The van der Waals surface area contributed by atoms with Crippen LogP contribution in [-0.4, -0.2) is 23.5 Å². The SMILES string of the molecule is CCc1ccc(OCC(=O)NC(=S)NNC(=O)c2cccs2)c(Br)c1. The molecule has 0 atom stereocenters. The molecular weight excluding hydrogens is 426 g/mol. The van der Waals surface area contributed by atoms with Crippen LogP contribution in [0, 0.1) is 0 Å². The highest BCUT2D eigenvalue weighted by Crippen LogP contribution is 2.26. The number of benzene rings is 1. The average molecular weight is 442 g/mol. The number of halogens is 1. The highest BCUT2D eigenvalue weighted by Gasteiger charge is 2.10. The number of amides is 2.